The smallest absolute Gasteiger partial charge is 0.251 e. The SMILES string of the molecule is O=C(NC1C2Cc3ccccc3C21)C1CCN(CC(F)F)CC1. The normalized spacial score (nSPS) is 30.1. The van der Waals surface area contributed by atoms with Crippen LogP contribution in [0.15, 0.2) is 24.3 Å². The van der Waals surface area contributed by atoms with E-state index in [9.17, 15) is 13.6 Å². The zero-order valence-electron chi connectivity index (χ0n) is 13.1. The summed E-state index contributed by atoms with van der Waals surface area (Å²) in [7, 11) is 0. The van der Waals surface area contributed by atoms with Gasteiger partial charge in [0.05, 0.1) is 6.54 Å². The summed E-state index contributed by atoms with van der Waals surface area (Å²) >= 11 is 0. The van der Waals surface area contributed by atoms with Crippen molar-refractivity contribution in [3.8, 4) is 0 Å². The lowest BCUT2D eigenvalue weighted by Crippen LogP contribution is -2.43. The predicted octanol–water partition coefficient (Wildman–Crippen LogP) is 2.42. The van der Waals surface area contributed by atoms with Crippen molar-refractivity contribution in [3.63, 3.8) is 0 Å². The summed E-state index contributed by atoms with van der Waals surface area (Å²) in [6.07, 6.45) is 0.166. The van der Waals surface area contributed by atoms with Crippen molar-refractivity contribution in [2.45, 2.75) is 37.6 Å². The molecule has 4 rings (SSSR count). The second-order valence-corrected chi connectivity index (χ2v) is 7.09. The molecule has 3 nitrogen and oxygen atoms in total. The molecule has 1 amide bonds. The summed E-state index contributed by atoms with van der Waals surface area (Å²) in [5.41, 5.74) is 2.82. The molecule has 2 aliphatic carbocycles. The Morgan fingerprint density at radius 2 is 2.00 bits per heavy atom. The van der Waals surface area contributed by atoms with Crippen molar-refractivity contribution in [2.24, 2.45) is 11.8 Å². The molecule has 124 valence electrons. The number of halogens is 2. The topological polar surface area (TPSA) is 32.3 Å². The molecule has 3 atom stereocenters. The minimum atomic E-state index is -2.29. The van der Waals surface area contributed by atoms with E-state index in [0.717, 1.165) is 6.42 Å². The Morgan fingerprint density at radius 3 is 2.74 bits per heavy atom. The van der Waals surface area contributed by atoms with E-state index >= 15 is 0 Å². The molecule has 2 fully saturated rings. The van der Waals surface area contributed by atoms with E-state index < -0.39 is 6.43 Å². The van der Waals surface area contributed by atoms with Gasteiger partial charge in [0.2, 0.25) is 5.91 Å². The molecule has 23 heavy (non-hydrogen) atoms. The molecular formula is C18H22F2N2O. The van der Waals surface area contributed by atoms with E-state index in [1.54, 1.807) is 4.90 Å². The summed E-state index contributed by atoms with van der Waals surface area (Å²) in [6, 6.07) is 8.78. The van der Waals surface area contributed by atoms with Gasteiger partial charge >= 0.3 is 0 Å². The van der Waals surface area contributed by atoms with Gasteiger partial charge in [0.15, 0.2) is 0 Å². The number of carbonyl (C=O) groups is 1. The fourth-order valence-corrected chi connectivity index (χ4v) is 4.40. The van der Waals surface area contributed by atoms with Crippen molar-refractivity contribution in [1.29, 1.82) is 0 Å². The molecule has 1 heterocycles. The third-order valence-corrected chi connectivity index (χ3v) is 5.70. The maximum absolute atomic E-state index is 12.4. The fraction of sp³-hybridized carbons (Fsp3) is 0.611. The van der Waals surface area contributed by atoms with E-state index in [1.165, 1.54) is 11.1 Å². The van der Waals surface area contributed by atoms with Crippen LogP contribution in [-0.2, 0) is 11.2 Å². The molecule has 0 bridgehead atoms. The molecule has 1 saturated carbocycles. The van der Waals surface area contributed by atoms with Crippen molar-refractivity contribution >= 4 is 5.91 Å². The molecule has 1 N–H and O–H groups in total. The third-order valence-electron chi connectivity index (χ3n) is 5.70. The zero-order chi connectivity index (χ0) is 16.0. The van der Waals surface area contributed by atoms with Crippen LogP contribution in [0.3, 0.4) is 0 Å². The number of alkyl halides is 2. The lowest BCUT2D eigenvalue weighted by molar-refractivity contribution is -0.126. The van der Waals surface area contributed by atoms with Gasteiger partial charge in [-0.05, 0) is 49.4 Å². The van der Waals surface area contributed by atoms with Gasteiger partial charge in [-0.3, -0.25) is 9.69 Å². The van der Waals surface area contributed by atoms with Gasteiger partial charge in [0, 0.05) is 17.9 Å². The van der Waals surface area contributed by atoms with Gasteiger partial charge in [-0.25, -0.2) is 8.78 Å². The number of fused-ring (bicyclic) bond motifs is 3. The van der Waals surface area contributed by atoms with Crippen LogP contribution in [0.25, 0.3) is 0 Å². The molecule has 1 aliphatic heterocycles. The van der Waals surface area contributed by atoms with Crippen LogP contribution in [0.2, 0.25) is 0 Å². The van der Waals surface area contributed by atoms with E-state index in [4.69, 9.17) is 0 Å². The summed E-state index contributed by atoms with van der Waals surface area (Å²) in [6.45, 7) is 1.03. The highest BCUT2D eigenvalue weighted by atomic mass is 19.3. The Hall–Kier alpha value is -1.49. The van der Waals surface area contributed by atoms with E-state index in [2.05, 4.69) is 29.6 Å². The quantitative estimate of drug-likeness (QED) is 0.924. The molecule has 0 aromatic heterocycles. The number of nitrogens with one attached hydrogen (secondary N) is 1. The van der Waals surface area contributed by atoms with Gasteiger partial charge < -0.3 is 5.32 Å². The van der Waals surface area contributed by atoms with Crippen molar-refractivity contribution in [1.82, 2.24) is 10.2 Å². The second kappa shape index (κ2) is 5.86. The number of nitrogens with zero attached hydrogens (tertiary/aromatic N) is 1. The number of benzene rings is 1. The molecule has 1 aromatic rings. The average molecular weight is 320 g/mol. The Balaban J connectivity index is 1.28. The van der Waals surface area contributed by atoms with Crippen molar-refractivity contribution in [2.75, 3.05) is 19.6 Å². The molecule has 3 unspecified atom stereocenters. The lowest BCUT2D eigenvalue weighted by Gasteiger charge is -2.31. The molecule has 0 spiro atoms. The number of hydrogen-bond donors (Lipinski definition) is 1. The number of rotatable bonds is 4. The maximum Gasteiger partial charge on any atom is 0.251 e. The summed E-state index contributed by atoms with van der Waals surface area (Å²) < 4.78 is 24.8. The van der Waals surface area contributed by atoms with Crippen LogP contribution in [0.5, 0.6) is 0 Å². The van der Waals surface area contributed by atoms with Gasteiger partial charge in [0.25, 0.3) is 6.43 Å². The second-order valence-electron chi connectivity index (χ2n) is 7.09. The van der Waals surface area contributed by atoms with Crippen LogP contribution >= 0.6 is 0 Å². The minimum absolute atomic E-state index is 0.0134. The first-order valence-electron chi connectivity index (χ1n) is 8.52. The monoisotopic (exact) mass is 320 g/mol. The van der Waals surface area contributed by atoms with Gasteiger partial charge in [-0.15, -0.1) is 0 Å². The van der Waals surface area contributed by atoms with Crippen LogP contribution in [0, 0.1) is 11.8 Å². The highest BCUT2D eigenvalue weighted by molar-refractivity contribution is 5.80. The molecule has 5 heteroatoms. The predicted molar refractivity (Wildman–Crippen MR) is 83.5 cm³/mol. The van der Waals surface area contributed by atoms with Crippen LogP contribution < -0.4 is 5.32 Å². The largest absolute Gasteiger partial charge is 0.352 e. The maximum atomic E-state index is 12.4. The highest BCUT2D eigenvalue weighted by Gasteiger charge is 2.56. The summed E-state index contributed by atoms with van der Waals surface area (Å²) in [4.78, 5) is 14.2. The number of carbonyl (C=O) groups excluding carboxylic acids is 1. The van der Waals surface area contributed by atoms with Crippen molar-refractivity contribution in [3.05, 3.63) is 35.4 Å². The molecule has 1 aromatic carbocycles. The Bertz CT molecular complexity index is 598. The fourth-order valence-electron chi connectivity index (χ4n) is 4.40. The van der Waals surface area contributed by atoms with E-state index in [-0.39, 0.29) is 24.4 Å². The summed E-state index contributed by atoms with van der Waals surface area (Å²) in [5, 5.41) is 3.22. The number of amides is 1. The first-order valence-corrected chi connectivity index (χ1v) is 8.52. The van der Waals surface area contributed by atoms with Crippen LogP contribution in [-0.4, -0.2) is 42.9 Å². The zero-order valence-corrected chi connectivity index (χ0v) is 13.1. The third kappa shape index (κ3) is 2.87. The Labute approximate surface area is 135 Å². The standard InChI is InChI=1S/C18H22F2N2O/c19-15(20)10-22-7-5-11(6-8-22)18(23)21-17-14-9-12-3-1-2-4-13(12)16(14)17/h1-4,11,14-17H,5-10H2,(H,21,23). The number of likely N-dealkylation sites (tertiary alicyclic amines) is 1. The minimum Gasteiger partial charge on any atom is -0.352 e. The average Bonchev–Trinajstić information content (AvgIpc) is 3.04. The van der Waals surface area contributed by atoms with E-state index in [1.807, 2.05) is 0 Å². The first kappa shape index (κ1) is 15.1. The van der Waals surface area contributed by atoms with Crippen LogP contribution in [0.4, 0.5) is 8.78 Å². The van der Waals surface area contributed by atoms with Gasteiger partial charge in [0.1, 0.15) is 0 Å². The molecular weight excluding hydrogens is 298 g/mol. The van der Waals surface area contributed by atoms with Crippen LogP contribution in [0.1, 0.15) is 29.9 Å². The van der Waals surface area contributed by atoms with E-state index in [0.29, 0.717) is 37.8 Å². The van der Waals surface area contributed by atoms with Crippen molar-refractivity contribution < 1.29 is 13.6 Å². The number of hydrogen-bond acceptors (Lipinski definition) is 2. The van der Waals surface area contributed by atoms with Gasteiger partial charge in [-0.2, -0.15) is 0 Å². The lowest BCUT2D eigenvalue weighted by atomic mass is 9.95. The number of piperidine rings is 1. The highest BCUT2D eigenvalue weighted by Crippen LogP contribution is 2.56. The Kier molecular flexibility index (Phi) is 3.84. The first-order chi connectivity index (χ1) is 11.1. The summed E-state index contributed by atoms with van der Waals surface area (Å²) in [5.74, 6) is 1.17. The molecule has 1 saturated heterocycles. The van der Waals surface area contributed by atoms with Gasteiger partial charge in [-0.1, -0.05) is 24.3 Å². The molecule has 0 radical (unpaired) electrons. The Morgan fingerprint density at radius 1 is 1.26 bits per heavy atom. The molecule has 3 aliphatic rings.